The standard InChI is InChI=1S/C22H23N3O2/c1-2-13-23-21-15-18(12-14-24-21)22(26)25-19-8-10-20(11-9-19)27-16-17-6-4-3-5-7-17/h3-12,14-15H,2,13,16H2,1H3,(H,23,24)(H,25,26). The van der Waals surface area contributed by atoms with Crippen molar-refractivity contribution < 1.29 is 9.53 Å². The molecule has 1 heterocycles. The summed E-state index contributed by atoms with van der Waals surface area (Å²) in [5, 5.41) is 6.07. The molecule has 3 aromatic rings. The SMILES string of the molecule is CCCNc1cc(C(=O)Nc2ccc(OCc3ccccc3)cc2)ccn1. The van der Waals surface area contributed by atoms with Crippen LogP contribution in [0.4, 0.5) is 11.5 Å². The molecular formula is C22H23N3O2. The van der Waals surface area contributed by atoms with Gasteiger partial charge in [0.05, 0.1) is 0 Å². The van der Waals surface area contributed by atoms with Crippen molar-refractivity contribution in [1.29, 1.82) is 0 Å². The predicted octanol–water partition coefficient (Wildman–Crippen LogP) is 4.73. The number of ether oxygens (including phenoxy) is 1. The normalized spacial score (nSPS) is 10.3. The monoisotopic (exact) mass is 361 g/mol. The van der Waals surface area contributed by atoms with E-state index >= 15 is 0 Å². The van der Waals surface area contributed by atoms with Crippen LogP contribution in [0.2, 0.25) is 0 Å². The van der Waals surface area contributed by atoms with Crippen molar-refractivity contribution in [2.24, 2.45) is 0 Å². The lowest BCUT2D eigenvalue weighted by atomic mass is 10.2. The Morgan fingerprint density at radius 3 is 2.56 bits per heavy atom. The van der Waals surface area contributed by atoms with Crippen molar-refractivity contribution in [3.8, 4) is 5.75 Å². The molecular weight excluding hydrogens is 338 g/mol. The molecule has 0 saturated heterocycles. The number of pyridine rings is 1. The van der Waals surface area contributed by atoms with Crippen LogP contribution < -0.4 is 15.4 Å². The molecule has 0 aliphatic rings. The number of hydrogen-bond acceptors (Lipinski definition) is 4. The van der Waals surface area contributed by atoms with Crippen LogP contribution in [0.3, 0.4) is 0 Å². The number of nitrogens with zero attached hydrogens (tertiary/aromatic N) is 1. The van der Waals surface area contributed by atoms with E-state index in [-0.39, 0.29) is 5.91 Å². The van der Waals surface area contributed by atoms with E-state index in [0.29, 0.717) is 23.7 Å². The second-order valence-corrected chi connectivity index (χ2v) is 6.11. The molecule has 0 aliphatic heterocycles. The summed E-state index contributed by atoms with van der Waals surface area (Å²) >= 11 is 0. The number of amides is 1. The van der Waals surface area contributed by atoms with Gasteiger partial charge in [0, 0.05) is 24.0 Å². The Hall–Kier alpha value is -3.34. The van der Waals surface area contributed by atoms with E-state index in [1.807, 2.05) is 54.6 Å². The summed E-state index contributed by atoms with van der Waals surface area (Å²) in [6, 6.07) is 20.8. The van der Waals surface area contributed by atoms with Crippen molar-refractivity contribution in [1.82, 2.24) is 4.98 Å². The van der Waals surface area contributed by atoms with Gasteiger partial charge in [-0.15, -0.1) is 0 Å². The summed E-state index contributed by atoms with van der Waals surface area (Å²) in [6.07, 6.45) is 2.63. The molecule has 2 N–H and O–H groups in total. The first kappa shape index (κ1) is 18.5. The van der Waals surface area contributed by atoms with Gasteiger partial charge < -0.3 is 15.4 Å². The molecule has 27 heavy (non-hydrogen) atoms. The summed E-state index contributed by atoms with van der Waals surface area (Å²) in [5.41, 5.74) is 2.39. The lowest BCUT2D eigenvalue weighted by Gasteiger charge is -2.09. The van der Waals surface area contributed by atoms with Gasteiger partial charge in [-0.3, -0.25) is 4.79 Å². The van der Waals surface area contributed by atoms with E-state index in [0.717, 1.165) is 24.3 Å². The van der Waals surface area contributed by atoms with E-state index in [1.54, 1.807) is 18.3 Å². The third-order valence-corrected chi connectivity index (χ3v) is 3.94. The van der Waals surface area contributed by atoms with E-state index in [9.17, 15) is 4.79 Å². The highest BCUT2D eigenvalue weighted by atomic mass is 16.5. The van der Waals surface area contributed by atoms with Crippen LogP contribution in [-0.4, -0.2) is 17.4 Å². The molecule has 0 atom stereocenters. The number of hydrogen-bond donors (Lipinski definition) is 2. The first-order valence-corrected chi connectivity index (χ1v) is 9.02. The van der Waals surface area contributed by atoms with Gasteiger partial charge in [-0.05, 0) is 48.4 Å². The minimum absolute atomic E-state index is 0.171. The van der Waals surface area contributed by atoms with Crippen LogP contribution in [0.25, 0.3) is 0 Å². The summed E-state index contributed by atoms with van der Waals surface area (Å²) in [4.78, 5) is 16.7. The summed E-state index contributed by atoms with van der Waals surface area (Å²) < 4.78 is 5.76. The Labute approximate surface area is 159 Å². The van der Waals surface area contributed by atoms with E-state index in [1.165, 1.54) is 0 Å². The van der Waals surface area contributed by atoms with Gasteiger partial charge in [-0.25, -0.2) is 4.98 Å². The molecule has 2 aromatic carbocycles. The summed E-state index contributed by atoms with van der Waals surface area (Å²) in [7, 11) is 0. The Balaban J connectivity index is 1.57. The van der Waals surface area contributed by atoms with Crippen LogP contribution >= 0.6 is 0 Å². The highest BCUT2D eigenvalue weighted by molar-refractivity contribution is 6.04. The fourth-order valence-corrected chi connectivity index (χ4v) is 2.50. The van der Waals surface area contributed by atoms with Crippen molar-refractivity contribution in [2.45, 2.75) is 20.0 Å². The molecule has 1 amide bonds. The number of aromatic nitrogens is 1. The van der Waals surface area contributed by atoms with Gasteiger partial charge >= 0.3 is 0 Å². The Morgan fingerprint density at radius 1 is 1.04 bits per heavy atom. The third-order valence-electron chi connectivity index (χ3n) is 3.94. The quantitative estimate of drug-likeness (QED) is 0.608. The summed E-state index contributed by atoms with van der Waals surface area (Å²) in [6.45, 7) is 3.41. The van der Waals surface area contributed by atoms with Gasteiger partial charge in [-0.2, -0.15) is 0 Å². The number of anilines is 2. The van der Waals surface area contributed by atoms with Gasteiger partial charge in [0.2, 0.25) is 0 Å². The number of rotatable bonds is 8. The van der Waals surface area contributed by atoms with Gasteiger partial charge in [0.1, 0.15) is 18.2 Å². The smallest absolute Gasteiger partial charge is 0.255 e. The highest BCUT2D eigenvalue weighted by Gasteiger charge is 2.07. The number of carbonyl (C=O) groups is 1. The van der Waals surface area contributed by atoms with Gasteiger partial charge in [0.25, 0.3) is 5.91 Å². The van der Waals surface area contributed by atoms with Crippen LogP contribution in [0.1, 0.15) is 29.3 Å². The molecule has 0 saturated carbocycles. The first-order valence-electron chi connectivity index (χ1n) is 9.02. The third kappa shape index (κ3) is 5.57. The molecule has 138 valence electrons. The lowest BCUT2D eigenvalue weighted by molar-refractivity contribution is 0.102. The average Bonchev–Trinajstić information content (AvgIpc) is 2.72. The molecule has 1 aromatic heterocycles. The van der Waals surface area contributed by atoms with Gasteiger partial charge in [-0.1, -0.05) is 37.3 Å². The molecule has 5 nitrogen and oxygen atoms in total. The highest BCUT2D eigenvalue weighted by Crippen LogP contribution is 2.18. The molecule has 5 heteroatoms. The van der Waals surface area contributed by atoms with Crippen molar-refractivity contribution in [3.63, 3.8) is 0 Å². The number of carbonyl (C=O) groups excluding carboxylic acids is 1. The molecule has 3 rings (SSSR count). The summed E-state index contributed by atoms with van der Waals surface area (Å²) in [5.74, 6) is 1.29. The second kappa shape index (κ2) is 9.38. The van der Waals surface area contributed by atoms with E-state index in [2.05, 4.69) is 22.5 Å². The Bertz CT molecular complexity index is 864. The van der Waals surface area contributed by atoms with Gasteiger partial charge in [0.15, 0.2) is 0 Å². The van der Waals surface area contributed by atoms with Crippen molar-refractivity contribution >= 4 is 17.4 Å². The Morgan fingerprint density at radius 2 is 1.81 bits per heavy atom. The van der Waals surface area contributed by atoms with Crippen LogP contribution in [0.5, 0.6) is 5.75 Å². The minimum atomic E-state index is -0.171. The lowest BCUT2D eigenvalue weighted by Crippen LogP contribution is -2.13. The first-order chi connectivity index (χ1) is 13.2. The molecule has 0 fully saturated rings. The second-order valence-electron chi connectivity index (χ2n) is 6.11. The predicted molar refractivity (Wildman–Crippen MR) is 108 cm³/mol. The maximum Gasteiger partial charge on any atom is 0.255 e. The molecule has 0 unspecified atom stereocenters. The maximum absolute atomic E-state index is 12.4. The topological polar surface area (TPSA) is 63.2 Å². The Kier molecular flexibility index (Phi) is 6.41. The fourth-order valence-electron chi connectivity index (χ4n) is 2.50. The van der Waals surface area contributed by atoms with Crippen LogP contribution in [0, 0.1) is 0 Å². The zero-order valence-corrected chi connectivity index (χ0v) is 15.3. The van der Waals surface area contributed by atoms with Crippen molar-refractivity contribution in [3.05, 3.63) is 84.1 Å². The van der Waals surface area contributed by atoms with Crippen molar-refractivity contribution in [2.75, 3.05) is 17.2 Å². The average molecular weight is 361 g/mol. The fraction of sp³-hybridized carbons (Fsp3) is 0.182. The molecule has 0 bridgehead atoms. The van der Waals surface area contributed by atoms with Crippen LogP contribution in [0.15, 0.2) is 72.9 Å². The minimum Gasteiger partial charge on any atom is -0.489 e. The zero-order chi connectivity index (χ0) is 18.9. The molecule has 0 aliphatic carbocycles. The molecule has 0 radical (unpaired) electrons. The molecule has 0 spiro atoms. The largest absolute Gasteiger partial charge is 0.489 e. The van der Waals surface area contributed by atoms with E-state index in [4.69, 9.17) is 4.74 Å². The number of nitrogens with one attached hydrogen (secondary N) is 2. The number of benzene rings is 2. The maximum atomic E-state index is 12.4. The van der Waals surface area contributed by atoms with Crippen LogP contribution in [-0.2, 0) is 6.61 Å². The van der Waals surface area contributed by atoms with E-state index < -0.39 is 0 Å². The zero-order valence-electron chi connectivity index (χ0n) is 15.3.